The van der Waals surface area contributed by atoms with Crippen molar-refractivity contribution in [1.82, 2.24) is 0 Å². The quantitative estimate of drug-likeness (QED) is 0.426. The third kappa shape index (κ3) is 5.54. The molecule has 2 aliphatic carbocycles. The molecule has 0 aliphatic heterocycles. The standard InChI is InChI=1S/C29H38O3/c1-21(25-17-9-11-19-27(25)23-13-5-3-6-14-23)31-29(30)32-22(2)26-18-10-12-20-28(26)24-15-7-4-8-16-24/h9-12,17-24H,3-8,13-16H2,1-2H3. The average molecular weight is 435 g/mol. The summed E-state index contributed by atoms with van der Waals surface area (Å²) in [5.41, 5.74) is 4.91. The number of rotatable bonds is 6. The van der Waals surface area contributed by atoms with Gasteiger partial charge in [-0.25, -0.2) is 4.79 Å². The van der Waals surface area contributed by atoms with E-state index in [0.717, 1.165) is 11.1 Å². The van der Waals surface area contributed by atoms with Gasteiger partial charge in [-0.15, -0.1) is 0 Å². The molecule has 2 unspecified atom stereocenters. The Morgan fingerprint density at radius 1 is 0.656 bits per heavy atom. The van der Waals surface area contributed by atoms with Gasteiger partial charge in [0.05, 0.1) is 0 Å². The average Bonchev–Trinajstić information content (AvgIpc) is 2.85. The highest BCUT2D eigenvalue weighted by molar-refractivity contribution is 5.61. The summed E-state index contributed by atoms with van der Waals surface area (Å²) < 4.78 is 11.6. The number of hydrogen-bond acceptors (Lipinski definition) is 3. The van der Waals surface area contributed by atoms with Crippen molar-refractivity contribution in [2.45, 2.75) is 102 Å². The zero-order chi connectivity index (χ0) is 22.3. The number of benzene rings is 2. The maximum Gasteiger partial charge on any atom is 0.509 e. The van der Waals surface area contributed by atoms with Crippen LogP contribution in [0.15, 0.2) is 48.5 Å². The first-order valence-electron chi connectivity index (χ1n) is 12.7. The first-order chi connectivity index (χ1) is 15.6. The molecule has 3 nitrogen and oxygen atoms in total. The summed E-state index contributed by atoms with van der Waals surface area (Å²) in [7, 11) is 0. The molecule has 0 aromatic heterocycles. The third-order valence-electron chi connectivity index (χ3n) is 7.50. The van der Waals surface area contributed by atoms with E-state index >= 15 is 0 Å². The van der Waals surface area contributed by atoms with E-state index in [9.17, 15) is 4.79 Å². The van der Waals surface area contributed by atoms with Gasteiger partial charge in [0.25, 0.3) is 0 Å². The molecule has 0 saturated heterocycles. The normalized spacial score (nSPS) is 19.8. The fourth-order valence-electron chi connectivity index (χ4n) is 5.78. The number of carbonyl (C=O) groups is 1. The highest BCUT2D eigenvalue weighted by Gasteiger charge is 2.25. The molecule has 0 bridgehead atoms. The Labute approximate surface area is 193 Å². The van der Waals surface area contributed by atoms with Crippen molar-refractivity contribution in [3.05, 3.63) is 70.8 Å². The molecule has 4 rings (SSSR count). The monoisotopic (exact) mass is 434 g/mol. The van der Waals surface area contributed by atoms with E-state index in [1.807, 2.05) is 26.0 Å². The van der Waals surface area contributed by atoms with Crippen LogP contribution in [0.4, 0.5) is 4.79 Å². The van der Waals surface area contributed by atoms with E-state index in [1.165, 1.54) is 75.3 Å². The summed E-state index contributed by atoms with van der Waals surface area (Å²) in [5, 5.41) is 0. The van der Waals surface area contributed by atoms with E-state index in [4.69, 9.17) is 9.47 Å². The fourth-order valence-corrected chi connectivity index (χ4v) is 5.78. The summed E-state index contributed by atoms with van der Waals surface area (Å²) in [6, 6.07) is 16.9. The van der Waals surface area contributed by atoms with Gasteiger partial charge < -0.3 is 9.47 Å². The van der Waals surface area contributed by atoms with E-state index < -0.39 is 6.16 Å². The number of carbonyl (C=O) groups excluding carboxylic acids is 1. The second kappa shape index (κ2) is 11.0. The van der Waals surface area contributed by atoms with Crippen LogP contribution in [0.1, 0.15) is 124 Å². The van der Waals surface area contributed by atoms with Gasteiger partial charge >= 0.3 is 6.16 Å². The van der Waals surface area contributed by atoms with Gasteiger partial charge in [0.2, 0.25) is 0 Å². The van der Waals surface area contributed by atoms with Crippen LogP contribution >= 0.6 is 0 Å². The molecule has 0 N–H and O–H groups in total. The van der Waals surface area contributed by atoms with Crippen molar-refractivity contribution in [3.63, 3.8) is 0 Å². The van der Waals surface area contributed by atoms with Gasteiger partial charge in [-0.1, -0.05) is 87.1 Å². The molecule has 0 amide bonds. The molecular weight excluding hydrogens is 396 g/mol. The number of hydrogen-bond donors (Lipinski definition) is 0. The zero-order valence-electron chi connectivity index (χ0n) is 19.7. The van der Waals surface area contributed by atoms with Gasteiger partial charge in [0.15, 0.2) is 0 Å². The maximum atomic E-state index is 12.7. The van der Waals surface area contributed by atoms with Gasteiger partial charge in [-0.05, 0) is 73.6 Å². The van der Waals surface area contributed by atoms with Crippen molar-refractivity contribution in [3.8, 4) is 0 Å². The van der Waals surface area contributed by atoms with Crippen molar-refractivity contribution in [1.29, 1.82) is 0 Å². The van der Waals surface area contributed by atoms with Crippen LogP contribution in [-0.2, 0) is 9.47 Å². The molecule has 2 aromatic rings. The van der Waals surface area contributed by atoms with E-state index in [-0.39, 0.29) is 12.2 Å². The van der Waals surface area contributed by atoms with E-state index in [0.29, 0.717) is 11.8 Å². The molecular formula is C29H38O3. The van der Waals surface area contributed by atoms with E-state index in [1.54, 1.807) is 0 Å². The van der Waals surface area contributed by atoms with Crippen LogP contribution in [0.3, 0.4) is 0 Å². The molecule has 3 heteroatoms. The maximum absolute atomic E-state index is 12.7. The smallest absolute Gasteiger partial charge is 0.426 e. The molecule has 2 saturated carbocycles. The van der Waals surface area contributed by atoms with Gasteiger partial charge in [-0.3, -0.25) is 0 Å². The Morgan fingerprint density at radius 2 is 1.03 bits per heavy atom. The second-order valence-corrected chi connectivity index (χ2v) is 9.70. The predicted octanol–water partition coefficient (Wildman–Crippen LogP) is 8.76. The molecule has 172 valence electrons. The molecule has 2 aliphatic rings. The third-order valence-corrected chi connectivity index (χ3v) is 7.50. The lowest BCUT2D eigenvalue weighted by Crippen LogP contribution is -2.17. The Balaban J connectivity index is 1.41. The minimum absolute atomic E-state index is 0.318. The minimum atomic E-state index is -0.582. The summed E-state index contributed by atoms with van der Waals surface area (Å²) in [6.07, 6.45) is 11.5. The van der Waals surface area contributed by atoms with Gasteiger partial charge in [-0.2, -0.15) is 0 Å². The van der Waals surface area contributed by atoms with Gasteiger partial charge in [0.1, 0.15) is 12.2 Å². The van der Waals surface area contributed by atoms with Crippen LogP contribution in [-0.4, -0.2) is 6.16 Å². The molecule has 32 heavy (non-hydrogen) atoms. The van der Waals surface area contributed by atoms with Crippen LogP contribution in [0, 0.1) is 0 Å². The van der Waals surface area contributed by atoms with Crippen LogP contribution < -0.4 is 0 Å². The van der Waals surface area contributed by atoms with Crippen LogP contribution in [0.5, 0.6) is 0 Å². The predicted molar refractivity (Wildman–Crippen MR) is 129 cm³/mol. The Bertz CT molecular complexity index is 806. The lowest BCUT2D eigenvalue weighted by atomic mass is 9.81. The summed E-state index contributed by atoms with van der Waals surface area (Å²) in [5.74, 6) is 1.15. The molecule has 2 fully saturated rings. The molecule has 2 aromatic carbocycles. The minimum Gasteiger partial charge on any atom is -0.426 e. The highest BCUT2D eigenvalue weighted by Crippen LogP contribution is 2.38. The summed E-state index contributed by atoms with van der Waals surface area (Å²) in [6.45, 7) is 3.92. The fraction of sp³-hybridized carbons (Fsp3) is 0.552. The van der Waals surface area contributed by atoms with Crippen molar-refractivity contribution in [2.24, 2.45) is 0 Å². The first-order valence-corrected chi connectivity index (χ1v) is 12.7. The highest BCUT2D eigenvalue weighted by atomic mass is 16.7. The Kier molecular flexibility index (Phi) is 7.89. The topological polar surface area (TPSA) is 35.5 Å². The Hall–Kier alpha value is -2.29. The van der Waals surface area contributed by atoms with Crippen molar-refractivity contribution in [2.75, 3.05) is 0 Å². The molecule has 2 atom stereocenters. The lowest BCUT2D eigenvalue weighted by molar-refractivity contribution is 0.00565. The lowest BCUT2D eigenvalue weighted by Gasteiger charge is -2.27. The van der Waals surface area contributed by atoms with Crippen molar-refractivity contribution >= 4 is 6.16 Å². The molecule has 0 spiro atoms. The largest absolute Gasteiger partial charge is 0.509 e. The van der Waals surface area contributed by atoms with E-state index in [2.05, 4.69) is 36.4 Å². The molecule has 0 radical (unpaired) electrons. The van der Waals surface area contributed by atoms with Crippen molar-refractivity contribution < 1.29 is 14.3 Å². The molecule has 0 heterocycles. The second-order valence-electron chi connectivity index (χ2n) is 9.70. The SMILES string of the molecule is CC(OC(=O)OC(C)c1ccccc1C1CCCCC1)c1ccccc1C1CCCCC1. The Morgan fingerprint density at radius 3 is 1.44 bits per heavy atom. The number of ether oxygens (including phenoxy) is 2. The first kappa shape index (κ1) is 22.9. The summed E-state index contributed by atoms with van der Waals surface area (Å²) >= 11 is 0. The summed E-state index contributed by atoms with van der Waals surface area (Å²) in [4.78, 5) is 12.7. The van der Waals surface area contributed by atoms with Gasteiger partial charge in [0, 0.05) is 0 Å². The zero-order valence-corrected chi connectivity index (χ0v) is 19.7. The van der Waals surface area contributed by atoms with Crippen LogP contribution in [0.2, 0.25) is 0 Å². The van der Waals surface area contributed by atoms with Crippen LogP contribution in [0.25, 0.3) is 0 Å².